The fourth-order valence-corrected chi connectivity index (χ4v) is 8.07. The zero-order valence-electron chi connectivity index (χ0n) is 22.0. The lowest BCUT2D eigenvalue weighted by molar-refractivity contribution is -0.138. The van der Waals surface area contributed by atoms with Gasteiger partial charge in [-0.2, -0.15) is 0 Å². The number of anilines is 1. The number of hydrogen-bond donors (Lipinski definition) is 3. The third-order valence-electron chi connectivity index (χ3n) is 8.99. The Morgan fingerprint density at radius 2 is 1.73 bits per heavy atom. The molecule has 0 radical (unpaired) electrons. The minimum atomic E-state index is -2.03. The van der Waals surface area contributed by atoms with Crippen molar-refractivity contribution in [2.45, 2.75) is 28.5 Å². The first-order chi connectivity index (χ1) is 19.4. The van der Waals surface area contributed by atoms with Crippen molar-refractivity contribution in [3.05, 3.63) is 59.7 Å². The standard InChI is InChI=1S/C28H25BCl2N2O8/c1-32-25(37)27(30)12-19-16(22(28(27,31)26(32)38)18-11-15(41-2)6-9-20(18)34)7-8-17-21(19)24(36)33(23(17)35)14-5-3-4-13(10-14)29(39)40/h3-7,9-11,17,19,21-22,34,39-40H,8,12H2,1-2H3/t17-,19+,21-,22+,27+,28-/m0/s1. The number of ether oxygens (including phenoxy) is 1. The summed E-state index contributed by atoms with van der Waals surface area (Å²) in [5.41, 5.74) is 1.01. The molecule has 2 aromatic carbocycles. The minimum absolute atomic E-state index is 0.104. The number of phenols is 1. The third kappa shape index (κ3) is 3.59. The van der Waals surface area contributed by atoms with Gasteiger partial charge in [-0.05, 0) is 54.6 Å². The van der Waals surface area contributed by atoms with Crippen molar-refractivity contribution in [2.24, 2.45) is 17.8 Å². The first kappa shape index (κ1) is 27.8. The van der Waals surface area contributed by atoms with E-state index < -0.39 is 64.2 Å². The van der Waals surface area contributed by atoms with E-state index in [1.165, 1.54) is 56.6 Å². The van der Waals surface area contributed by atoms with Crippen LogP contribution >= 0.6 is 23.2 Å². The molecule has 2 aliphatic heterocycles. The van der Waals surface area contributed by atoms with E-state index in [4.69, 9.17) is 27.9 Å². The van der Waals surface area contributed by atoms with Gasteiger partial charge in [-0.25, -0.2) is 0 Å². The van der Waals surface area contributed by atoms with E-state index in [0.717, 1.165) is 9.80 Å². The lowest BCUT2D eigenvalue weighted by Gasteiger charge is -2.50. The molecule has 0 aromatic heterocycles. The first-order valence-corrected chi connectivity index (χ1v) is 13.7. The third-order valence-corrected chi connectivity index (χ3v) is 10.4. The fourth-order valence-electron chi connectivity index (χ4n) is 7.06. The Bertz CT molecular complexity index is 1570. The van der Waals surface area contributed by atoms with E-state index in [1.807, 2.05) is 0 Å². The highest BCUT2D eigenvalue weighted by molar-refractivity contribution is 6.58. The molecule has 13 heteroatoms. The van der Waals surface area contributed by atoms with Crippen LogP contribution in [0.25, 0.3) is 0 Å². The Morgan fingerprint density at radius 1 is 1.00 bits per heavy atom. The molecular formula is C28H25BCl2N2O8. The van der Waals surface area contributed by atoms with Crippen LogP contribution in [0.3, 0.4) is 0 Å². The number of allylic oxidation sites excluding steroid dienone is 2. The monoisotopic (exact) mass is 598 g/mol. The van der Waals surface area contributed by atoms with E-state index in [9.17, 15) is 34.3 Å². The summed E-state index contributed by atoms with van der Waals surface area (Å²) in [6.07, 6.45) is 1.71. The molecule has 0 spiro atoms. The van der Waals surface area contributed by atoms with Gasteiger partial charge in [0.15, 0.2) is 9.75 Å². The number of fused-ring (bicyclic) bond motifs is 4. The summed E-state index contributed by atoms with van der Waals surface area (Å²) >= 11 is 14.3. The molecule has 3 fully saturated rings. The second kappa shape index (κ2) is 9.32. The zero-order chi connectivity index (χ0) is 29.6. The molecule has 0 unspecified atom stereocenters. The number of nitrogens with zero attached hydrogens (tertiary/aromatic N) is 2. The Kier molecular flexibility index (Phi) is 6.31. The Morgan fingerprint density at radius 3 is 2.41 bits per heavy atom. The van der Waals surface area contributed by atoms with Gasteiger partial charge in [-0.1, -0.05) is 23.8 Å². The van der Waals surface area contributed by atoms with Gasteiger partial charge in [0.1, 0.15) is 11.5 Å². The lowest BCUT2D eigenvalue weighted by Crippen LogP contribution is -2.60. The van der Waals surface area contributed by atoms with Crippen LogP contribution in [0.1, 0.15) is 24.3 Å². The number of carbonyl (C=O) groups excluding carboxylic acids is 4. The molecule has 1 saturated carbocycles. The number of phenolic OH excluding ortho intramolecular Hbond substituents is 1. The number of alkyl halides is 2. The molecule has 41 heavy (non-hydrogen) atoms. The second-order valence-corrected chi connectivity index (χ2v) is 12.1. The highest BCUT2D eigenvalue weighted by atomic mass is 35.5. The number of hydrogen-bond acceptors (Lipinski definition) is 8. The second-order valence-electron chi connectivity index (χ2n) is 10.9. The predicted molar refractivity (Wildman–Crippen MR) is 149 cm³/mol. The van der Waals surface area contributed by atoms with Crippen LogP contribution in [0, 0.1) is 17.8 Å². The van der Waals surface area contributed by atoms with Crippen molar-refractivity contribution in [3.63, 3.8) is 0 Å². The van der Waals surface area contributed by atoms with Crippen LogP contribution in [0.2, 0.25) is 0 Å². The molecule has 2 aliphatic carbocycles. The lowest BCUT2D eigenvalue weighted by atomic mass is 9.56. The van der Waals surface area contributed by atoms with Gasteiger partial charge in [-0.3, -0.25) is 29.0 Å². The average Bonchev–Trinajstić information content (AvgIpc) is 3.28. The quantitative estimate of drug-likeness (QED) is 0.207. The molecule has 6 atom stereocenters. The van der Waals surface area contributed by atoms with E-state index in [1.54, 1.807) is 6.08 Å². The number of imide groups is 2. The number of rotatable bonds is 4. The highest BCUT2D eigenvalue weighted by Gasteiger charge is 2.76. The minimum Gasteiger partial charge on any atom is -0.508 e. The van der Waals surface area contributed by atoms with Gasteiger partial charge in [0.25, 0.3) is 11.8 Å². The maximum atomic E-state index is 14.0. The number of likely N-dealkylation sites (tertiary alicyclic amines) is 1. The molecule has 3 N–H and O–H groups in total. The highest BCUT2D eigenvalue weighted by Crippen LogP contribution is 2.66. The van der Waals surface area contributed by atoms with Gasteiger partial charge in [0, 0.05) is 18.5 Å². The van der Waals surface area contributed by atoms with Crippen molar-refractivity contribution >= 4 is 65.1 Å². The SMILES string of the molecule is COc1ccc(O)c([C@H]2C3=CC[C@@H]4C(=O)N(c5cccc(B(O)O)c5)C(=O)[C@@H]4[C@@H]3C[C@@]3(Cl)C(=O)N(C)C(=O)[C@@]23Cl)c1. The normalized spacial score (nSPS) is 32.5. The number of amides is 4. The summed E-state index contributed by atoms with van der Waals surface area (Å²) in [5.74, 6) is -5.94. The Balaban J connectivity index is 1.51. The topological polar surface area (TPSA) is 145 Å². The van der Waals surface area contributed by atoms with Crippen LogP contribution in [0.4, 0.5) is 5.69 Å². The van der Waals surface area contributed by atoms with Crippen molar-refractivity contribution in [1.82, 2.24) is 4.90 Å². The Hall–Kier alpha value is -3.38. The predicted octanol–water partition coefficient (Wildman–Crippen LogP) is 1.27. The van der Waals surface area contributed by atoms with E-state index in [0.29, 0.717) is 11.3 Å². The van der Waals surface area contributed by atoms with Crippen molar-refractivity contribution in [3.8, 4) is 11.5 Å². The average molecular weight is 599 g/mol. The van der Waals surface area contributed by atoms with Crippen LogP contribution in [0.5, 0.6) is 11.5 Å². The number of benzene rings is 2. The molecule has 4 aliphatic rings. The van der Waals surface area contributed by atoms with Gasteiger partial charge in [0.2, 0.25) is 11.8 Å². The molecule has 2 heterocycles. The molecule has 0 bridgehead atoms. The molecular weight excluding hydrogens is 574 g/mol. The summed E-state index contributed by atoms with van der Waals surface area (Å²) in [5, 5.41) is 30.2. The molecule has 4 amide bonds. The fraction of sp³-hybridized carbons (Fsp3) is 0.357. The summed E-state index contributed by atoms with van der Waals surface area (Å²) in [6.45, 7) is 0. The van der Waals surface area contributed by atoms with Gasteiger partial charge < -0.3 is 19.9 Å². The number of methoxy groups -OCH3 is 1. The molecule has 2 aromatic rings. The van der Waals surface area contributed by atoms with Crippen LogP contribution in [0.15, 0.2) is 54.1 Å². The van der Waals surface area contributed by atoms with E-state index in [-0.39, 0.29) is 35.3 Å². The molecule has 212 valence electrons. The number of aromatic hydroxyl groups is 1. The first-order valence-electron chi connectivity index (χ1n) is 13.0. The summed E-state index contributed by atoms with van der Waals surface area (Å²) in [7, 11) is 0.922. The van der Waals surface area contributed by atoms with Gasteiger partial charge in [-0.15, -0.1) is 23.2 Å². The van der Waals surface area contributed by atoms with Crippen molar-refractivity contribution < 1.29 is 39.1 Å². The summed E-state index contributed by atoms with van der Waals surface area (Å²) < 4.78 is 5.36. The molecule has 10 nitrogen and oxygen atoms in total. The van der Waals surface area contributed by atoms with Crippen molar-refractivity contribution in [1.29, 1.82) is 0 Å². The molecule has 2 saturated heterocycles. The van der Waals surface area contributed by atoms with Crippen molar-refractivity contribution in [2.75, 3.05) is 19.1 Å². The zero-order valence-corrected chi connectivity index (χ0v) is 23.5. The smallest absolute Gasteiger partial charge is 0.488 e. The Labute approximate surface area is 245 Å². The van der Waals surface area contributed by atoms with E-state index >= 15 is 0 Å². The van der Waals surface area contributed by atoms with Gasteiger partial charge >= 0.3 is 7.12 Å². The summed E-state index contributed by atoms with van der Waals surface area (Å²) in [6, 6.07) is 10.3. The number of halogens is 2. The summed E-state index contributed by atoms with van der Waals surface area (Å²) in [4.78, 5) is 52.7. The maximum absolute atomic E-state index is 14.0. The van der Waals surface area contributed by atoms with Crippen LogP contribution < -0.4 is 15.1 Å². The van der Waals surface area contributed by atoms with Crippen LogP contribution in [-0.4, -0.2) is 74.7 Å². The van der Waals surface area contributed by atoms with Gasteiger partial charge in [0.05, 0.1) is 24.6 Å². The maximum Gasteiger partial charge on any atom is 0.488 e. The number of carbonyl (C=O) groups is 4. The largest absolute Gasteiger partial charge is 0.508 e. The van der Waals surface area contributed by atoms with E-state index in [2.05, 4.69) is 0 Å². The van der Waals surface area contributed by atoms with Crippen LogP contribution in [-0.2, 0) is 19.2 Å². The molecule has 6 rings (SSSR count).